The van der Waals surface area contributed by atoms with Gasteiger partial charge in [0, 0.05) is 22.8 Å². The number of hydrogen-bond acceptors (Lipinski definition) is 6. The molecule has 0 unspecified atom stereocenters. The molecule has 2 rings (SSSR count). The molecule has 144 valence electrons. The van der Waals surface area contributed by atoms with Crippen molar-refractivity contribution in [2.24, 2.45) is 0 Å². The first-order valence-electron chi connectivity index (χ1n) is 7.59. The van der Waals surface area contributed by atoms with Gasteiger partial charge in [-0.3, -0.25) is 23.9 Å². The van der Waals surface area contributed by atoms with Crippen molar-refractivity contribution in [3.05, 3.63) is 57.4 Å². The Labute approximate surface area is 155 Å². The number of benzene rings is 1. The third kappa shape index (κ3) is 6.37. The molecule has 27 heavy (non-hydrogen) atoms. The number of esters is 1. The molecule has 0 bridgehead atoms. The van der Waals surface area contributed by atoms with Crippen molar-refractivity contribution < 1.29 is 23.1 Å². The number of aromatic amines is 1. The molecule has 0 radical (unpaired) electrons. The minimum absolute atomic E-state index is 0.341. The number of hydrogen-bond donors (Lipinski definition) is 2. The Kier molecular flexibility index (Phi) is 6.88. The highest BCUT2D eigenvalue weighted by Gasteiger charge is 2.18. The second-order valence-corrected chi connectivity index (χ2v) is 6.33. The minimum Gasteiger partial charge on any atom is -0.451 e. The van der Waals surface area contributed by atoms with Gasteiger partial charge in [0.05, 0.1) is 0 Å². The minimum atomic E-state index is -2.54. The highest BCUT2D eigenvalue weighted by atomic mass is 32.2. The summed E-state index contributed by atoms with van der Waals surface area (Å²) >= 11 is 0.378. The standard InChI is InChI=1S/C16H15F2N3O5S/c1-9(26-13(23)8-21-7-6-12(22)20-16(21)25)14(24)19-10-2-4-11(5-3-10)27-15(17)18/h2-7,9,15H,8H2,1H3,(H,19,24)(H,20,22,25)/t9-/m1/s1. The van der Waals surface area contributed by atoms with Crippen LogP contribution in [0.15, 0.2) is 51.0 Å². The quantitative estimate of drug-likeness (QED) is 0.538. The van der Waals surface area contributed by atoms with Crippen molar-refractivity contribution in [3.8, 4) is 0 Å². The number of carbonyl (C=O) groups is 2. The largest absolute Gasteiger partial charge is 0.451 e. The third-order valence-corrected chi connectivity index (χ3v) is 3.94. The van der Waals surface area contributed by atoms with Gasteiger partial charge in [-0.05, 0) is 31.2 Å². The molecule has 0 saturated carbocycles. The highest BCUT2D eigenvalue weighted by Crippen LogP contribution is 2.26. The van der Waals surface area contributed by atoms with Gasteiger partial charge in [-0.1, -0.05) is 11.8 Å². The third-order valence-electron chi connectivity index (χ3n) is 3.22. The zero-order chi connectivity index (χ0) is 20.0. The molecule has 0 aliphatic heterocycles. The van der Waals surface area contributed by atoms with Crippen LogP contribution >= 0.6 is 11.8 Å². The maximum absolute atomic E-state index is 12.3. The predicted octanol–water partition coefficient (Wildman–Crippen LogP) is 1.42. The van der Waals surface area contributed by atoms with Crippen LogP contribution in [0.1, 0.15) is 6.92 Å². The summed E-state index contributed by atoms with van der Waals surface area (Å²) in [5.41, 5.74) is -1.04. The number of amides is 1. The van der Waals surface area contributed by atoms with Crippen molar-refractivity contribution in [3.63, 3.8) is 0 Å². The summed E-state index contributed by atoms with van der Waals surface area (Å²) in [6, 6.07) is 6.80. The Balaban J connectivity index is 1.90. The number of rotatable bonds is 7. The van der Waals surface area contributed by atoms with E-state index in [0.29, 0.717) is 22.3 Å². The topological polar surface area (TPSA) is 110 Å². The number of alkyl halides is 2. The van der Waals surface area contributed by atoms with Crippen molar-refractivity contribution in [2.45, 2.75) is 30.2 Å². The lowest BCUT2D eigenvalue weighted by molar-refractivity contribution is -0.153. The van der Waals surface area contributed by atoms with Crippen LogP contribution in [0.2, 0.25) is 0 Å². The fourth-order valence-corrected chi connectivity index (χ4v) is 2.46. The lowest BCUT2D eigenvalue weighted by Gasteiger charge is -2.14. The molecule has 8 nitrogen and oxygen atoms in total. The van der Waals surface area contributed by atoms with Crippen molar-refractivity contribution in [1.82, 2.24) is 9.55 Å². The Morgan fingerprint density at radius 2 is 1.89 bits per heavy atom. The molecule has 0 aliphatic carbocycles. The van der Waals surface area contributed by atoms with Crippen LogP contribution in [0, 0.1) is 0 Å². The summed E-state index contributed by atoms with van der Waals surface area (Å²) in [5.74, 6) is -4.03. The molecule has 1 amide bonds. The molecule has 0 fully saturated rings. The number of thioether (sulfide) groups is 1. The van der Waals surface area contributed by atoms with Crippen molar-refractivity contribution in [2.75, 3.05) is 5.32 Å². The number of halogens is 2. The Hall–Kier alpha value is -2.95. The van der Waals surface area contributed by atoms with Crippen LogP contribution in [0.3, 0.4) is 0 Å². The van der Waals surface area contributed by atoms with E-state index >= 15 is 0 Å². The average molecular weight is 399 g/mol. The van der Waals surface area contributed by atoms with E-state index in [0.717, 1.165) is 16.8 Å². The van der Waals surface area contributed by atoms with Gasteiger partial charge < -0.3 is 10.1 Å². The molecule has 2 N–H and O–H groups in total. The van der Waals surface area contributed by atoms with Gasteiger partial charge >= 0.3 is 11.7 Å². The Morgan fingerprint density at radius 3 is 2.48 bits per heavy atom. The predicted molar refractivity (Wildman–Crippen MR) is 93.8 cm³/mol. The van der Waals surface area contributed by atoms with Crippen LogP contribution in [-0.4, -0.2) is 33.3 Å². The monoisotopic (exact) mass is 399 g/mol. The first-order valence-corrected chi connectivity index (χ1v) is 8.47. The maximum atomic E-state index is 12.3. The molecular formula is C16H15F2N3O5S. The zero-order valence-electron chi connectivity index (χ0n) is 14.0. The van der Waals surface area contributed by atoms with Crippen LogP contribution in [-0.2, 0) is 20.9 Å². The molecule has 1 aromatic carbocycles. The zero-order valence-corrected chi connectivity index (χ0v) is 14.8. The van der Waals surface area contributed by atoms with E-state index in [4.69, 9.17) is 4.74 Å². The molecule has 2 aromatic rings. The first kappa shape index (κ1) is 20.4. The van der Waals surface area contributed by atoms with E-state index in [1.807, 2.05) is 4.98 Å². The molecule has 0 aliphatic rings. The van der Waals surface area contributed by atoms with Crippen molar-refractivity contribution in [1.29, 1.82) is 0 Å². The van der Waals surface area contributed by atoms with E-state index in [2.05, 4.69) is 5.32 Å². The van der Waals surface area contributed by atoms with Gasteiger partial charge in [-0.2, -0.15) is 8.78 Å². The number of nitrogens with zero attached hydrogens (tertiary/aromatic N) is 1. The van der Waals surface area contributed by atoms with Gasteiger partial charge in [-0.15, -0.1) is 0 Å². The maximum Gasteiger partial charge on any atom is 0.328 e. The molecule has 1 heterocycles. The number of H-pyrrole nitrogens is 1. The fourth-order valence-electron chi connectivity index (χ4n) is 1.96. The van der Waals surface area contributed by atoms with E-state index in [1.165, 1.54) is 31.2 Å². The smallest absolute Gasteiger partial charge is 0.328 e. The van der Waals surface area contributed by atoms with Gasteiger partial charge in [-0.25, -0.2) is 4.79 Å². The fraction of sp³-hybridized carbons (Fsp3) is 0.250. The van der Waals surface area contributed by atoms with Crippen LogP contribution in [0.5, 0.6) is 0 Å². The molecule has 1 aromatic heterocycles. The number of aromatic nitrogens is 2. The molecular weight excluding hydrogens is 384 g/mol. The molecule has 11 heteroatoms. The number of ether oxygens (including phenoxy) is 1. The van der Waals surface area contributed by atoms with Crippen molar-refractivity contribution >= 4 is 29.3 Å². The van der Waals surface area contributed by atoms with Gasteiger partial charge in [0.15, 0.2) is 6.10 Å². The SMILES string of the molecule is C[C@@H](OC(=O)Cn1ccc(=O)[nH]c1=O)C(=O)Nc1ccc(SC(F)F)cc1. The summed E-state index contributed by atoms with van der Waals surface area (Å²) in [4.78, 5) is 48.7. The Bertz CT molecular complexity index is 927. The van der Waals surface area contributed by atoms with E-state index in [9.17, 15) is 28.0 Å². The van der Waals surface area contributed by atoms with Gasteiger partial charge in [0.2, 0.25) is 0 Å². The summed E-state index contributed by atoms with van der Waals surface area (Å²) in [6.07, 6.45) is -0.0300. The van der Waals surface area contributed by atoms with E-state index in [-0.39, 0.29) is 0 Å². The number of anilines is 1. The first-order chi connectivity index (χ1) is 12.7. The highest BCUT2D eigenvalue weighted by molar-refractivity contribution is 7.99. The lowest BCUT2D eigenvalue weighted by Crippen LogP contribution is -2.34. The summed E-state index contributed by atoms with van der Waals surface area (Å²) in [7, 11) is 0. The second kappa shape index (κ2) is 9.12. The molecule has 0 saturated heterocycles. The lowest BCUT2D eigenvalue weighted by atomic mass is 10.3. The number of carbonyl (C=O) groups excluding carboxylic acids is 2. The summed E-state index contributed by atoms with van der Waals surface area (Å²) < 4.78 is 30.4. The van der Waals surface area contributed by atoms with Gasteiger partial charge in [0.25, 0.3) is 17.2 Å². The normalized spacial score (nSPS) is 11.9. The molecule has 1 atom stereocenters. The van der Waals surface area contributed by atoms with Crippen LogP contribution < -0.4 is 16.6 Å². The molecule has 0 spiro atoms. The second-order valence-electron chi connectivity index (χ2n) is 5.26. The summed E-state index contributed by atoms with van der Waals surface area (Å²) in [6.45, 7) is 0.858. The van der Waals surface area contributed by atoms with Crippen LogP contribution in [0.25, 0.3) is 0 Å². The van der Waals surface area contributed by atoms with Crippen LogP contribution in [0.4, 0.5) is 14.5 Å². The van der Waals surface area contributed by atoms with E-state index in [1.54, 1.807) is 0 Å². The number of nitrogens with one attached hydrogen (secondary N) is 2. The van der Waals surface area contributed by atoms with Gasteiger partial charge in [0.1, 0.15) is 6.54 Å². The Morgan fingerprint density at radius 1 is 1.22 bits per heavy atom. The summed E-state index contributed by atoms with van der Waals surface area (Å²) in [5, 5.41) is 2.48. The average Bonchev–Trinajstić information content (AvgIpc) is 2.58. The van der Waals surface area contributed by atoms with E-state index < -0.39 is 41.5 Å².